The molecule has 0 aliphatic carbocycles. The molecule has 0 aliphatic heterocycles. The molecule has 0 fully saturated rings. The van der Waals surface area contributed by atoms with Crippen LogP contribution in [0, 0.1) is 0 Å². The SMILES string of the molecule is CC(Cl)c1nnc(-c2ccn(C)c(=O)c2)s1. The van der Waals surface area contributed by atoms with Crippen molar-refractivity contribution >= 4 is 22.9 Å². The summed E-state index contributed by atoms with van der Waals surface area (Å²) in [7, 11) is 1.71. The molecule has 0 amide bonds. The molecule has 84 valence electrons. The van der Waals surface area contributed by atoms with E-state index in [1.165, 1.54) is 15.9 Å². The minimum atomic E-state index is -0.155. The summed E-state index contributed by atoms with van der Waals surface area (Å²) < 4.78 is 1.51. The van der Waals surface area contributed by atoms with Gasteiger partial charge in [-0.15, -0.1) is 21.8 Å². The molecule has 0 aromatic carbocycles. The smallest absolute Gasteiger partial charge is 0.250 e. The Kier molecular flexibility index (Phi) is 3.07. The van der Waals surface area contributed by atoms with Gasteiger partial charge in [0.05, 0.1) is 5.38 Å². The Bertz CT molecular complexity index is 561. The molecule has 2 rings (SSSR count). The third-order valence-corrected chi connectivity index (χ3v) is 3.62. The number of pyridine rings is 1. The van der Waals surface area contributed by atoms with Crippen molar-refractivity contribution in [3.8, 4) is 10.6 Å². The highest BCUT2D eigenvalue weighted by Crippen LogP contribution is 2.28. The van der Waals surface area contributed by atoms with Crippen LogP contribution >= 0.6 is 22.9 Å². The monoisotopic (exact) mass is 255 g/mol. The van der Waals surface area contributed by atoms with Gasteiger partial charge in [0.15, 0.2) is 0 Å². The fourth-order valence-corrected chi connectivity index (χ4v) is 2.14. The Morgan fingerprint density at radius 3 is 2.81 bits per heavy atom. The molecular formula is C10H10ClN3OS. The standard InChI is InChI=1S/C10H10ClN3OS/c1-6(11)9-12-13-10(16-9)7-3-4-14(2)8(15)5-7/h3-6H,1-2H3. The summed E-state index contributed by atoms with van der Waals surface area (Å²) in [5, 5.41) is 9.32. The Morgan fingerprint density at radius 1 is 1.50 bits per heavy atom. The van der Waals surface area contributed by atoms with E-state index in [1.807, 2.05) is 13.0 Å². The maximum absolute atomic E-state index is 11.4. The first kappa shape index (κ1) is 11.3. The largest absolute Gasteiger partial charge is 0.319 e. The van der Waals surface area contributed by atoms with E-state index in [2.05, 4.69) is 10.2 Å². The molecule has 0 saturated heterocycles. The topological polar surface area (TPSA) is 47.8 Å². The average Bonchev–Trinajstić information content (AvgIpc) is 2.71. The van der Waals surface area contributed by atoms with Crippen molar-refractivity contribution < 1.29 is 0 Å². The molecule has 4 nitrogen and oxygen atoms in total. The van der Waals surface area contributed by atoms with Crippen molar-refractivity contribution in [3.05, 3.63) is 33.7 Å². The average molecular weight is 256 g/mol. The van der Waals surface area contributed by atoms with Gasteiger partial charge in [0, 0.05) is 24.9 Å². The van der Waals surface area contributed by atoms with Gasteiger partial charge in [0.1, 0.15) is 10.0 Å². The quantitative estimate of drug-likeness (QED) is 0.773. The van der Waals surface area contributed by atoms with Crippen molar-refractivity contribution in [2.45, 2.75) is 12.3 Å². The predicted octanol–water partition coefficient (Wildman–Crippen LogP) is 2.20. The summed E-state index contributed by atoms with van der Waals surface area (Å²) in [5.41, 5.74) is 0.720. The highest BCUT2D eigenvalue weighted by molar-refractivity contribution is 7.15. The van der Waals surface area contributed by atoms with Crippen LogP contribution in [-0.4, -0.2) is 14.8 Å². The van der Waals surface area contributed by atoms with Crippen LogP contribution in [-0.2, 0) is 7.05 Å². The maximum Gasteiger partial charge on any atom is 0.250 e. The molecule has 0 bridgehead atoms. The Labute approximate surface area is 102 Å². The number of aryl methyl sites for hydroxylation is 1. The lowest BCUT2D eigenvalue weighted by atomic mass is 10.3. The number of hydrogen-bond donors (Lipinski definition) is 0. The first-order chi connectivity index (χ1) is 7.58. The van der Waals surface area contributed by atoms with Crippen LogP contribution in [0.5, 0.6) is 0 Å². The van der Waals surface area contributed by atoms with Crippen LogP contribution < -0.4 is 5.56 Å². The first-order valence-electron chi connectivity index (χ1n) is 4.72. The third kappa shape index (κ3) is 2.15. The van der Waals surface area contributed by atoms with Gasteiger partial charge in [-0.05, 0) is 13.0 Å². The molecule has 0 N–H and O–H groups in total. The van der Waals surface area contributed by atoms with Crippen LogP contribution in [0.15, 0.2) is 23.1 Å². The van der Waals surface area contributed by atoms with Crippen LogP contribution in [0.25, 0.3) is 10.6 Å². The minimum Gasteiger partial charge on any atom is -0.319 e. The molecule has 16 heavy (non-hydrogen) atoms. The molecular weight excluding hydrogens is 246 g/mol. The molecule has 0 aliphatic rings. The second kappa shape index (κ2) is 4.35. The lowest BCUT2D eigenvalue weighted by Gasteiger charge is -1.97. The maximum atomic E-state index is 11.4. The molecule has 0 radical (unpaired) electrons. The zero-order chi connectivity index (χ0) is 11.7. The van der Waals surface area contributed by atoms with Crippen LogP contribution in [0.2, 0.25) is 0 Å². The second-order valence-electron chi connectivity index (χ2n) is 3.43. The number of alkyl halides is 1. The van der Waals surface area contributed by atoms with E-state index in [-0.39, 0.29) is 10.9 Å². The molecule has 0 saturated carbocycles. The Hall–Kier alpha value is -1.20. The summed E-state index contributed by atoms with van der Waals surface area (Å²) in [6, 6.07) is 3.38. The van der Waals surface area contributed by atoms with Crippen LogP contribution in [0.4, 0.5) is 0 Å². The highest BCUT2D eigenvalue weighted by atomic mass is 35.5. The lowest BCUT2D eigenvalue weighted by molar-refractivity contribution is 0.861. The molecule has 0 spiro atoms. The van der Waals surface area contributed by atoms with Gasteiger partial charge in [-0.2, -0.15) is 0 Å². The number of halogens is 1. The Morgan fingerprint density at radius 2 is 2.25 bits per heavy atom. The van der Waals surface area contributed by atoms with E-state index in [0.717, 1.165) is 15.6 Å². The number of nitrogens with zero attached hydrogens (tertiary/aromatic N) is 3. The van der Waals surface area contributed by atoms with Gasteiger partial charge in [0.25, 0.3) is 5.56 Å². The van der Waals surface area contributed by atoms with Crippen molar-refractivity contribution in [3.63, 3.8) is 0 Å². The second-order valence-corrected chi connectivity index (χ2v) is 5.09. The third-order valence-electron chi connectivity index (χ3n) is 2.13. The van der Waals surface area contributed by atoms with Crippen molar-refractivity contribution in [1.29, 1.82) is 0 Å². The molecule has 2 heterocycles. The van der Waals surface area contributed by atoms with E-state index in [4.69, 9.17) is 11.6 Å². The molecule has 6 heteroatoms. The molecule has 2 aromatic rings. The zero-order valence-corrected chi connectivity index (χ0v) is 10.4. The summed E-state index contributed by atoms with van der Waals surface area (Å²) in [4.78, 5) is 11.4. The van der Waals surface area contributed by atoms with Gasteiger partial charge >= 0.3 is 0 Å². The van der Waals surface area contributed by atoms with Gasteiger partial charge in [-0.3, -0.25) is 4.79 Å². The van der Waals surface area contributed by atoms with Gasteiger partial charge in [-0.1, -0.05) is 11.3 Å². The predicted molar refractivity (Wildman–Crippen MR) is 64.9 cm³/mol. The molecule has 2 aromatic heterocycles. The van der Waals surface area contributed by atoms with Gasteiger partial charge in [-0.25, -0.2) is 0 Å². The van der Waals surface area contributed by atoms with E-state index in [9.17, 15) is 4.79 Å². The molecule has 1 unspecified atom stereocenters. The van der Waals surface area contributed by atoms with Crippen molar-refractivity contribution in [2.24, 2.45) is 7.05 Å². The lowest BCUT2D eigenvalue weighted by Crippen LogP contribution is -2.13. The highest BCUT2D eigenvalue weighted by Gasteiger charge is 2.11. The van der Waals surface area contributed by atoms with Crippen molar-refractivity contribution in [2.75, 3.05) is 0 Å². The van der Waals surface area contributed by atoms with Gasteiger partial charge < -0.3 is 4.57 Å². The number of hydrogen-bond acceptors (Lipinski definition) is 4. The fraction of sp³-hybridized carbons (Fsp3) is 0.300. The summed E-state index contributed by atoms with van der Waals surface area (Å²) in [6.07, 6.45) is 1.71. The Balaban J connectivity index is 2.43. The number of rotatable bonds is 2. The number of aromatic nitrogens is 3. The van der Waals surface area contributed by atoms with Crippen molar-refractivity contribution in [1.82, 2.24) is 14.8 Å². The first-order valence-corrected chi connectivity index (χ1v) is 5.98. The normalized spacial score (nSPS) is 12.7. The van der Waals surface area contributed by atoms with E-state index < -0.39 is 0 Å². The summed E-state index contributed by atoms with van der Waals surface area (Å²) >= 11 is 7.31. The van der Waals surface area contributed by atoms with E-state index >= 15 is 0 Å². The van der Waals surface area contributed by atoms with Crippen LogP contribution in [0.3, 0.4) is 0 Å². The zero-order valence-electron chi connectivity index (χ0n) is 8.85. The van der Waals surface area contributed by atoms with Crippen LogP contribution in [0.1, 0.15) is 17.3 Å². The fourth-order valence-electron chi connectivity index (χ4n) is 1.19. The minimum absolute atomic E-state index is 0.0619. The summed E-state index contributed by atoms with van der Waals surface area (Å²) in [5.74, 6) is 0. The molecule has 1 atom stereocenters. The van der Waals surface area contributed by atoms with E-state index in [1.54, 1.807) is 19.3 Å². The van der Waals surface area contributed by atoms with E-state index in [0.29, 0.717) is 0 Å². The van der Waals surface area contributed by atoms with Gasteiger partial charge in [0.2, 0.25) is 0 Å². The summed E-state index contributed by atoms with van der Waals surface area (Å²) in [6.45, 7) is 1.84.